The number of phosphoric acid groups is 2. The molecule has 0 aromatic carbocycles. The van der Waals surface area contributed by atoms with Crippen LogP contribution in [0.3, 0.4) is 0 Å². The maximum absolute atomic E-state index is 12.5. The largest absolute Gasteiger partial charge is 0.479 e. The lowest BCUT2D eigenvalue weighted by Crippen LogP contribution is -2.37. The minimum atomic E-state index is -5.46. The summed E-state index contributed by atoms with van der Waals surface area (Å²) in [4.78, 5) is 67.3. The van der Waals surface area contributed by atoms with Crippen LogP contribution in [0.5, 0.6) is 0 Å². The van der Waals surface area contributed by atoms with Crippen molar-refractivity contribution in [1.82, 2.24) is 29.1 Å². The second-order valence-electron chi connectivity index (χ2n) is 9.85. The summed E-state index contributed by atoms with van der Waals surface area (Å²) < 4.78 is 55.7. The Hall–Kier alpha value is -2.38. The topological polar surface area (TPSA) is 356 Å². The van der Waals surface area contributed by atoms with E-state index in [2.05, 4.69) is 39.9 Å². The summed E-state index contributed by atoms with van der Waals surface area (Å²) in [7, 11) is -10.9. The maximum Gasteiger partial charge on any atom is 0.479 e. The van der Waals surface area contributed by atoms with E-state index in [0.29, 0.717) is 0 Å². The van der Waals surface area contributed by atoms with Gasteiger partial charge in [0.15, 0.2) is 23.9 Å². The van der Waals surface area contributed by atoms with Crippen molar-refractivity contribution < 1.29 is 71.4 Å². The Kier molecular flexibility index (Phi) is 10.3. The molecule has 2 aliphatic rings. The lowest BCUT2D eigenvalue weighted by Gasteiger charge is -2.23. The third-order valence-electron chi connectivity index (χ3n) is 6.68. The van der Waals surface area contributed by atoms with E-state index in [0.717, 1.165) is 23.2 Å². The number of fused-ring (bicyclic) bond motifs is 1. The number of nitrogens with one attached hydrogen (secondary N) is 1. The summed E-state index contributed by atoms with van der Waals surface area (Å²) in [5, 5.41) is 41.4. The monoisotopic (exact) mass is 749 g/mol. The van der Waals surface area contributed by atoms with E-state index in [1.54, 1.807) is 0 Å². The molecule has 0 aliphatic carbocycles. The van der Waals surface area contributed by atoms with Crippen LogP contribution >= 0.6 is 22.4 Å². The molecule has 3 aromatic heterocycles. The molecule has 2 fully saturated rings. The van der Waals surface area contributed by atoms with Crippen LogP contribution in [0.1, 0.15) is 12.5 Å². The highest BCUT2D eigenvalue weighted by atomic mass is 32.5. The number of aliphatic hydroxyl groups is 4. The van der Waals surface area contributed by atoms with E-state index in [1.807, 2.05) is 4.98 Å². The van der Waals surface area contributed by atoms with E-state index in [4.69, 9.17) is 19.7 Å². The first kappa shape index (κ1) is 35.9. The molecule has 0 radical (unpaired) electrons. The highest BCUT2D eigenvalue weighted by Crippen LogP contribution is 2.68. The van der Waals surface area contributed by atoms with Crippen molar-refractivity contribution in [3.63, 3.8) is 0 Å². The van der Waals surface area contributed by atoms with Crippen LogP contribution in [0.25, 0.3) is 11.2 Å². The van der Waals surface area contributed by atoms with Crippen LogP contribution in [-0.2, 0) is 48.1 Å². The number of aromatic nitrogens is 6. The third-order valence-corrected chi connectivity index (χ3v) is 12.1. The number of ether oxygens (including phenoxy) is 2. The standard InChI is InChI=1S/C19H26N7O17P3S/c20-15-10-16(22-5-21-15)26(6-23-10)18-14(31)12(29)8(41-18)4-39-45(35,36)43-46(37,47)42-44(33,34)38-3-7-11(28)13(30)17(40-7)25-2-1-9(27)24-19(25)32/h1-2,5-8,11-14,17-18,28-31H,3-4H2,(H,33,34)(H,35,36)(H,37,47)(H2,20,21,22)(H,24,27,32)/t7-,8-,11-,12-,13-,14-,17-,18-,46?/m1/s1. The van der Waals surface area contributed by atoms with Gasteiger partial charge < -0.3 is 50.3 Å². The number of aromatic amines is 1. The van der Waals surface area contributed by atoms with E-state index in [-0.39, 0.29) is 17.0 Å². The second kappa shape index (κ2) is 13.5. The fraction of sp³-hybridized carbons (Fsp3) is 0.526. The molecule has 11 atom stereocenters. The highest BCUT2D eigenvalue weighted by Gasteiger charge is 2.48. The van der Waals surface area contributed by atoms with Crippen LogP contribution in [0, 0.1) is 0 Å². The van der Waals surface area contributed by atoms with Gasteiger partial charge in [0.25, 0.3) is 5.56 Å². The Morgan fingerprint density at radius 3 is 1.94 bits per heavy atom. The quantitative estimate of drug-likeness (QED) is 0.0818. The SMILES string of the molecule is Nc1ncnc2c1ncn2[C@@H]1O[C@H](COP(=O)(O)OP(O)(=S)OP(=O)(O)OC[C@H]2O[C@@H](n3ccc(=O)[nH]c3=O)[C@H](O)[C@@H]2O)[C@@H](O)[C@H]1O. The van der Waals surface area contributed by atoms with Gasteiger partial charge in [-0.1, -0.05) is 0 Å². The molecule has 5 rings (SSSR count). The molecule has 2 aliphatic heterocycles. The number of hydrogen-bond acceptors (Lipinski definition) is 19. The maximum atomic E-state index is 12.5. The Balaban J connectivity index is 1.15. The average Bonchev–Trinajstić information content (AvgIpc) is 3.60. The lowest BCUT2D eigenvalue weighted by atomic mass is 10.1. The first-order chi connectivity index (χ1) is 21.9. The number of imidazole rings is 1. The molecule has 47 heavy (non-hydrogen) atoms. The van der Waals surface area contributed by atoms with E-state index < -0.39 is 95.9 Å². The average molecular weight is 749 g/mol. The normalized spacial score (nSPS) is 31.8. The summed E-state index contributed by atoms with van der Waals surface area (Å²) in [6, 6.07) is 0.930. The second-order valence-corrected chi connectivity index (χ2v) is 15.9. The zero-order valence-corrected chi connectivity index (χ0v) is 26.6. The van der Waals surface area contributed by atoms with Gasteiger partial charge in [0.1, 0.15) is 48.5 Å². The van der Waals surface area contributed by atoms with Crippen LogP contribution in [0.2, 0.25) is 0 Å². The number of hydrogen-bond donors (Lipinski definition) is 9. The van der Waals surface area contributed by atoms with Crippen molar-refractivity contribution >= 4 is 51.2 Å². The molecule has 0 saturated carbocycles. The minimum Gasteiger partial charge on any atom is -0.387 e. The number of anilines is 1. The fourth-order valence-electron chi connectivity index (χ4n) is 4.54. The van der Waals surface area contributed by atoms with E-state index >= 15 is 0 Å². The van der Waals surface area contributed by atoms with E-state index in [1.165, 1.54) is 10.9 Å². The smallest absolute Gasteiger partial charge is 0.387 e. The molecule has 5 heterocycles. The zero-order valence-electron chi connectivity index (χ0n) is 23.1. The number of H-pyrrole nitrogens is 1. The third kappa shape index (κ3) is 7.93. The number of phosphoric ester groups is 2. The molecule has 2 saturated heterocycles. The Morgan fingerprint density at radius 1 is 0.872 bits per heavy atom. The summed E-state index contributed by atoms with van der Waals surface area (Å²) >= 11 is 4.51. The molecular weight excluding hydrogens is 723 g/mol. The van der Waals surface area contributed by atoms with Gasteiger partial charge in [0, 0.05) is 12.3 Å². The molecule has 10 N–H and O–H groups in total. The predicted molar refractivity (Wildman–Crippen MR) is 153 cm³/mol. The molecule has 260 valence electrons. The number of nitrogen functional groups attached to an aromatic ring is 1. The van der Waals surface area contributed by atoms with Crippen molar-refractivity contribution in [1.29, 1.82) is 0 Å². The van der Waals surface area contributed by atoms with Crippen LogP contribution in [-0.4, -0.2) is 114 Å². The van der Waals surface area contributed by atoms with Crippen molar-refractivity contribution in [2.24, 2.45) is 0 Å². The molecule has 0 amide bonds. The molecule has 3 aromatic rings. The lowest BCUT2D eigenvalue weighted by molar-refractivity contribution is -0.0542. The van der Waals surface area contributed by atoms with Crippen LogP contribution in [0.4, 0.5) is 5.82 Å². The number of rotatable bonds is 12. The van der Waals surface area contributed by atoms with Gasteiger partial charge in [-0.05, 0) is 11.8 Å². The number of nitrogens with zero attached hydrogens (tertiary/aromatic N) is 5. The summed E-state index contributed by atoms with van der Waals surface area (Å²) in [5.41, 5.74) is 4.28. The molecule has 0 spiro atoms. The molecule has 24 nitrogen and oxygen atoms in total. The van der Waals surface area contributed by atoms with Gasteiger partial charge in [0.05, 0.1) is 19.5 Å². The summed E-state index contributed by atoms with van der Waals surface area (Å²) in [6.45, 7) is -7.10. The van der Waals surface area contributed by atoms with Crippen LogP contribution < -0.4 is 17.0 Å². The van der Waals surface area contributed by atoms with Crippen molar-refractivity contribution in [3.05, 3.63) is 45.8 Å². The summed E-state index contributed by atoms with van der Waals surface area (Å²) in [6.07, 6.45) is -9.57. The number of aliphatic hydroxyl groups excluding tert-OH is 4. The van der Waals surface area contributed by atoms with Gasteiger partial charge >= 0.3 is 28.1 Å². The fourth-order valence-corrected chi connectivity index (χ4v) is 9.57. The highest BCUT2D eigenvalue weighted by molar-refractivity contribution is 8.09. The molecule has 28 heteroatoms. The van der Waals surface area contributed by atoms with Gasteiger partial charge in [-0.15, -0.1) is 0 Å². The van der Waals surface area contributed by atoms with Gasteiger partial charge in [-0.3, -0.25) is 28.0 Å². The minimum absolute atomic E-state index is 0.0253. The number of nitrogens with two attached hydrogens (primary N) is 1. The van der Waals surface area contributed by atoms with E-state index in [9.17, 15) is 53.8 Å². The van der Waals surface area contributed by atoms with Crippen molar-refractivity contribution in [2.75, 3.05) is 18.9 Å². The Labute approximate surface area is 265 Å². The molecule has 3 unspecified atom stereocenters. The first-order valence-corrected chi connectivity index (χ1v) is 18.4. The van der Waals surface area contributed by atoms with Crippen molar-refractivity contribution in [3.8, 4) is 0 Å². The van der Waals surface area contributed by atoms with Crippen molar-refractivity contribution in [2.45, 2.75) is 49.1 Å². The predicted octanol–water partition coefficient (Wildman–Crippen LogP) is -3.32. The van der Waals surface area contributed by atoms with Crippen LogP contribution in [0.15, 0.2) is 34.5 Å². The van der Waals surface area contributed by atoms with Gasteiger partial charge in [-0.25, -0.2) is 37.5 Å². The first-order valence-electron chi connectivity index (χ1n) is 12.9. The molecular formula is C19H26N7O17P3S. The molecule has 0 bridgehead atoms. The Bertz CT molecular complexity index is 1890. The Morgan fingerprint density at radius 2 is 1.40 bits per heavy atom. The van der Waals surface area contributed by atoms with Gasteiger partial charge in [0.2, 0.25) is 0 Å². The zero-order chi connectivity index (χ0) is 34.5. The van der Waals surface area contributed by atoms with Gasteiger partial charge in [-0.2, -0.15) is 0 Å². The summed E-state index contributed by atoms with van der Waals surface area (Å²) in [5.74, 6) is 0.0253.